The topological polar surface area (TPSA) is 81.2 Å². The van der Waals surface area contributed by atoms with Crippen molar-refractivity contribution in [2.24, 2.45) is 0 Å². The summed E-state index contributed by atoms with van der Waals surface area (Å²) in [6.07, 6.45) is 0.687. The van der Waals surface area contributed by atoms with E-state index in [1.54, 1.807) is 13.8 Å². The Morgan fingerprint density at radius 2 is 1.75 bits per heavy atom. The minimum atomic E-state index is -0.640. The number of aromatic amines is 1. The molecule has 0 atom stereocenters. The van der Waals surface area contributed by atoms with Gasteiger partial charge in [0.2, 0.25) is 5.88 Å². The number of nitrogens with one attached hydrogen (secondary N) is 1. The Hall–Kier alpha value is -2.63. The van der Waals surface area contributed by atoms with Gasteiger partial charge in [-0.3, -0.25) is 19.1 Å². The molecule has 6 heteroatoms. The summed E-state index contributed by atoms with van der Waals surface area (Å²) >= 11 is 0. The van der Waals surface area contributed by atoms with Gasteiger partial charge in [-0.25, -0.2) is 4.79 Å². The third-order valence-corrected chi connectivity index (χ3v) is 3.74. The average molecular weight is 330 g/mol. The smallest absolute Gasteiger partial charge is 0.331 e. The van der Waals surface area contributed by atoms with Crippen LogP contribution in [0.4, 0.5) is 0 Å². The number of aromatic nitrogens is 2. The first kappa shape index (κ1) is 17.7. The van der Waals surface area contributed by atoms with E-state index in [0.717, 1.165) is 11.1 Å². The number of aryl methyl sites for hydroxylation is 2. The number of Topliss-reactive ketones (excluding diaryl/α,β-unsaturated/α-hetero) is 1. The maximum absolute atomic E-state index is 12.2. The summed E-state index contributed by atoms with van der Waals surface area (Å²) in [7, 11) is 0. The van der Waals surface area contributed by atoms with E-state index in [4.69, 9.17) is 4.74 Å². The molecule has 0 aliphatic carbocycles. The molecule has 1 heterocycles. The van der Waals surface area contributed by atoms with Crippen molar-refractivity contribution in [1.29, 1.82) is 0 Å². The van der Waals surface area contributed by atoms with Gasteiger partial charge in [-0.1, -0.05) is 19.9 Å². The van der Waals surface area contributed by atoms with Gasteiger partial charge in [-0.15, -0.1) is 0 Å². The summed E-state index contributed by atoms with van der Waals surface area (Å²) in [6.45, 7) is 7.27. The van der Waals surface area contributed by atoms with Crippen molar-refractivity contribution in [2.45, 2.75) is 47.1 Å². The van der Waals surface area contributed by atoms with Gasteiger partial charge in [0.15, 0.2) is 5.78 Å². The van der Waals surface area contributed by atoms with Gasteiger partial charge in [0, 0.05) is 6.42 Å². The minimum absolute atomic E-state index is 0.114. The highest BCUT2D eigenvalue weighted by Gasteiger charge is 2.18. The highest BCUT2D eigenvalue weighted by atomic mass is 16.5. The molecule has 0 radical (unpaired) electrons. The van der Waals surface area contributed by atoms with Crippen LogP contribution in [0.15, 0.2) is 27.8 Å². The standard InChI is InChI=1S/C18H22N2O4/c1-5-13(21)10-20-17(15(6-2)16(22)19-18(20)23)24-14-8-11(3)7-12(4)9-14/h7-9H,5-6,10H2,1-4H3,(H,19,22,23). The van der Waals surface area contributed by atoms with Gasteiger partial charge in [-0.2, -0.15) is 0 Å². The van der Waals surface area contributed by atoms with E-state index in [2.05, 4.69) is 4.98 Å². The molecule has 0 fully saturated rings. The van der Waals surface area contributed by atoms with Crippen molar-refractivity contribution in [2.75, 3.05) is 0 Å². The van der Waals surface area contributed by atoms with Crippen molar-refractivity contribution in [3.8, 4) is 11.6 Å². The number of carbonyl (C=O) groups is 1. The minimum Gasteiger partial charge on any atom is -0.440 e. The molecule has 1 N–H and O–H groups in total. The second kappa shape index (κ2) is 7.29. The largest absolute Gasteiger partial charge is 0.440 e. The Labute approximate surface area is 140 Å². The van der Waals surface area contributed by atoms with Crippen LogP contribution < -0.4 is 16.0 Å². The average Bonchev–Trinajstić information content (AvgIpc) is 2.50. The van der Waals surface area contributed by atoms with Gasteiger partial charge in [0.1, 0.15) is 5.75 Å². The summed E-state index contributed by atoms with van der Waals surface area (Å²) in [5, 5.41) is 0. The van der Waals surface area contributed by atoms with Gasteiger partial charge in [-0.05, 0) is 43.5 Å². The van der Waals surface area contributed by atoms with Gasteiger partial charge in [0.25, 0.3) is 5.56 Å². The number of H-pyrrole nitrogens is 1. The highest BCUT2D eigenvalue weighted by molar-refractivity contribution is 5.78. The van der Waals surface area contributed by atoms with Crippen LogP contribution in [0.1, 0.15) is 37.0 Å². The number of carbonyl (C=O) groups excluding carboxylic acids is 1. The number of hydrogen-bond donors (Lipinski definition) is 1. The van der Waals surface area contributed by atoms with Crippen molar-refractivity contribution in [1.82, 2.24) is 9.55 Å². The third-order valence-electron chi connectivity index (χ3n) is 3.74. The van der Waals surface area contributed by atoms with E-state index < -0.39 is 11.2 Å². The van der Waals surface area contributed by atoms with Crippen molar-refractivity contribution in [3.63, 3.8) is 0 Å². The van der Waals surface area contributed by atoms with Crippen molar-refractivity contribution in [3.05, 3.63) is 55.7 Å². The van der Waals surface area contributed by atoms with Crippen LogP contribution in [0.25, 0.3) is 0 Å². The Bertz CT molecular complexity index is 857. The molecule has 1 aromatic carbocycles. The Morgan fingerprint density at radius 3 is 2.29 bits per heavy atom. The maximum Gasteiger partial charge on any atom is 0.331 e. The molecule has 0 aliphatic heterocycles. The molecular formula is C18H22N2O4. The fourth-order valence-corrected chi connectivity index (χ4v) is 2.56. The lowest BCUT2D eigenvalue weighted by molar-refractivity contribution is -0.119. The number of hydrogen-bond acceptors (Lipinski definition) is 4. The van der Waals surface area contributed by atoms with Gasteiger partial charge < -0.3 is 4.74 Å². The molecule has 0 saturated heterocycles. The second-order valence-electron chi connectivity index (χ2n) is 5.80. The molecule has 1 aromatic heterocycles. The van der Waals surface area contributed by atoms with Crippen LogP contribution in [0.5, 0.6) is 11.6 Å². The summed E-state index contributed by atoms with van der Waals surface area (Å²) in [5.74, 6) is 0.555. The SMILES string of the molecule is CCC(=O)Cn1c(Oc2cc(C)cc(C)c2)c(CC)c(=O)[nH]c1=O. The molecule has 0 unspecified atom stereocenters. The van der Waals surface area contributed by atoms with Crippen LogP contribution in [0.2, 0.25) is 0 Å². The molecule has 0 saturated carbocycles. The first-order valence-electron chi connectivity index (χ1n) is 7.99. The first-order chi connectivity index (χ1) is 11.3. The van der Waals surface area contributed by atoms with Gasteiger partial charge >= 0.3 is 5.69 Å². The second-order valence-corrected chi connectivity index (χ2v) is 5.80. The molecule has 0 amide bonds. The lowest BCUT2D eigenvalue weighted by Crippen LogP contribution is -2.34. The molecule has 0 spiro atoms. The summed E-state index contributed by atoms with van der Waals surface area (Å²) in [4.78, 5) is 38.3. The van der Waals surface area contributed by atoms with E-state index in [1.165, 1.54) is 4.57 Å². The summed E-state index contributed by atoms with van der Waals surface area (Å²) in [6, 6.07) is 5.65. The predicted octanol–water partition coefficient (Wildman–Crippen LogP) is 2.49. The van der Waals surface area contributed by atoms with E-state index >= 15 is 0 Å². The number of ketones is 1. The van der Waals surface area contributed by atoms with E-state index in [1.807, 2.05) is 32.0 Å². The summed E-state index contributed by atoms with van der Waals surface area (Å²) < 4.78 is 7.09. The van der Waals surface area contributed by atoms with E-state index in [-0.39, 0.29) is 18.2 Å². The summed E-state index contributed by atoms with van der Waals surface area (Å²) in [5.41, 5.74) is 1.23. The van der Waals surface area contributed by atoms with E-state index in [0.29, 0.717) is 24.2 Å². The van der Waals surface area contributed by atoms with Crippen LogP contribution in [-0.2, 0) is 17.8 Å². The van der Waals surface area contributed by atoms with Crippen LogP contribution in [0, 0.1) is 13.8 Å². The monoisotopic (exact) mass is 330 g/mol. The molecule has 128 valence electrons. The zero-order valence-corrected chi connectivity index (χ0v) is 14.4. The molecule has 0 bridgehead atoms. The number of rotatable bonds is 6. The lowest BCUT2D eigenvalue weighted by atomic mass is 10.1. The maximum atomic E-state index is 12.2. The number of ether oxygens (including phenoxy) is 1. The fourth-order valence-electron chi connectivity index (χ4n) is 2.56. The van der Waals surface area contributed by atoms with Crippen LogP contribution in [0.3, 0.4) is 0 Å². The molecule has 2 rings (SSSR count). The first-order valence-corrected chi connectivity index (χ1v) is 7.99. The normalized spacial score (nSPS) is 10.7. The molecule has 2 aromatic rings. The molecule has 24 heavy (non-hydrogen) atoms. The number of nitrogens with zero attached hydrogens (tertiary/aromatic N) is 1. The highest BCUT2D eigenvalue weighted by Crippen LogP contribution is 2.25. The van der Waals surface area contributed by atoms with E-state index in [9.17, 15) is 14.4 Å². The quantitative estimate of drug-likeness (QED) is 0.882. The Kier molecular flexibility index (Phi) is 5.39. The predicted molar refractivity (Wildman–Crippen MR) is 92.0 cm³/mol. The lowest BCUT2D eigenvalue weighted by Gasteiger charge is -2.16. The van der Waals surface area contributed by atoms with Crippen LogP contribution in [-0.4, -0.2) is 15.3 Å². The zero-order chi connectivity index (χ0) is 17.9. The molecular weight excluding hydrogens is 308 g/mol. The Balaban J connectivity index is 2.62. The molecule has 6 nitrogen and oxygen atoms in total. The fraction of sp³-hybridized carbons (Fsp3) is 0.389. The zero-order valence-electron chi connectivity index (χ0n) is 14.4. The Morgan fingerprint density at radius 1 is 1.12 bits per heavy atom. The molecule has 0 aliphatic rings. The van der Waals surface area contributed by atoms with Gasteiger partial charge in [0.05, 0.1) is 12.1 Å². The van der Waals surface area contributed by atoms with Crippen LogP contribution >= 0.6 is 0 Å². The number of benzene rings is 1. The third kappa shape index (κ3) is 3.82. The van der Waals surface area contributed by atoms with Crippen molar-refractivity contribution >= 4 is 5.78 Å². The van der Waals surface area contributed by atoms with Crippen molar-refractivity contribution < 1.29 is 9.53 Å².